The third-order valence-corrected chi connectivity index (χ3v) is 7.38. The molecule has 10 heteroatoms. The van der Waals surface area contributed by atoms with Gasteiger partial charge < -0.3 is 20.1 Å². The van der Waals surface area contributed by atoms with Crippen LogP contribution in [0.3, 0.4) is 0 Å². The summed E-state index contributed by atoms with van der Waals surface area (Å²) in [6.07, 6.45) is 9.49. The predicted octanol–water partition coefficient (Wildman–Crippen LogP) is 3.67. The normalized spacial score (nSPS) is 19.0. The molecule has 2 unspecified atom stereocenters. The SMILES string of the molecule is CC(C(=O)N1CCN(C)CC1)n1cc(Nc2nc(/N=C\C3CCc4ccccc43)c3cc[nH]c3n2)cn1. The molecule has 0 radical (unpaired) electrons. The third-order valence-electron chi connectivity index (χ3n) is 7.38. The molecule has 1 aliphatic carbocycles. The lowest BCUT2D eigenvalue weighted by molar-refractivity contribution is -0.136. The van der Waals surface area contributed by atoms with Crippen molar-refractivity contribution in [3.63, 3.8) is 0 Å². The topological polar surface area (TPSA) is 107 Å². The average Bonchev–Trinajstić information content (AvgIpc) is 3.67. The van der Waals surface area contributed by atoms with E-state index in [1.54, 1.807) is 10.9 Å². The maximum Gasteiger partial charge on any atom is 0.247 e. The third kappa shape index (κ3) is 4.72. The van der Waals surface area contributed by atoms with Gasteiger partial charge in [0.1, 0.15) is 11.7 Å². The van der Waals surface area contributed by atoms with E-state index in [1.165, 1.54) is 11.1 Å². The first kappa shape index (κ1) is 23.4. The first-order valence-electron chi connectivity index (χ1n) is 12.8. The molecule has 4 heterocycles. The van der Waals surface area contributed by atoms with E-state index >= 15 is 0 Å². The summed E-state index contributed by atoms with van der Waals surface area (Å²) in [7, 11) is 2.08. The molecule has 1 aromatic carbocycles. The summed E-state index contributed by atoms with van der Waals surface area (Å²) in [5.41, 5.74) is 4.16. The van der Waals surface area contributed by atoms with Gasteiger partial charge in [-0.25, -0.2) is 4.99 Å². The second kappa shape index (κ2) is 9.78. The molecule has 2 aliphatic rings. The summed E-state index contributed by atoms with van der Waals surface area (Å²) in [6.45, 7) is 5.15. The number of aliphatic imine (C=N–C) groups is 1. The summed E-state index contributed by atoms with van der Waals surface area (Å²) in [4.78, 5) is 34.4. The maximum absolute atomic E-state index is 13.0. The lowest BCUT2D eigenvalue weighted by Gasteiger charge is -2.33. The van der Waals surface area contributed by atoms with Crippen molar-refractivity contribution >= 4 is 40.6 Å². The Labute approximate surface area is 215 Å². The predicted molar refractivity (Wildman–Crippen MR) is 144 cm³/mol. The van der Waals surface area contributed by atoms with E-state index in [0.29, 0.717) is 23.1 Å². The Balaban J connectivity index is 1.19. The highest BCUT2D eigenvalue weighted by molar-refractivity contribution is 5.89. The summed E-state index contributed by atoms with van der Waals surface area (Å²) in [5, 5.41) is 8.54. The Morgan fingerprint density at radius 2 is 2.03 bits per heavy atom. The Morgan fingerprint density at radius 3 is 2.89 bits per heavy atom. The molecule has 190 valence electrons. The molecule has 1 saturated heterocycles. The van der Waals surface area contributed by atoms with Crippen LogP contribution in [0, 0.1) is 0 Å². The van der Waals surface area contributed by atoms with Crippen LogP contribution in [0.4, 0.5) is 17.5 Å². The minimum absolute atomic E-state index is 0.0805. The fourth-order valence-corrected chi connectivity index (χ4v) is 5.13. The Morgan fingerprint density at radius 1 is 1.19 bits per heavy atom. The largest absolute Gasteiger partial charge is 0.346 e. The van der Waals surface area contributed by atoms with Crippen LogP contribution >= 0.6 is 0 Å². The van der Waals surface area contributed by atoms with Gasteiger partial charge in [0, 0.05) is 50.7 Å². The first-order valence-corrected chi connectivity index (χ1v) is 12.8. The van der Waals surface area contributed by atoms with Gasteiger partial charge in [0.05, 0.1) is 17.3 Å². The van der Waals surface area contributed by atoms with E-state index in [1.807, 2.05) is 36.5 Å². The highest BCUT2D eigenvalue weighted by atomic mass is 16.2. The molecule has 1 aliphatic heterocycles. The zero-order valence-corrected chi connectivity index (χ0v) is 21.1. The Bertz CT molecular complexity index is 1450. The molecule has 0 saturated carbocycles. The number of fused-ring (bicyclic) bond motifs is 2. The second-order valence-corrected chi connectivity index (χ2v) is 9.87. The molecule has 6 rings (SSSR count). The molecule has 4 aromatic rings. The molecule has 10 nitrogen and oxygen atoms in total. The van der Waals surface area contributed by atoms with Crippen LogP contribution in [-0.4, -0.2) is 79.9 Å². The van der Waals surface area contributed by atoms with E-state index in [2.05, 4.69) is 56.6 Å². The molecule has 1 fully saturated rings. The van der Waals surface area contributed by atoms with Gasteiger partial charge in [-0.1, -0.05) is 24.3 Å². The second-order valence-electron chi connectivity index (χ2n) is 9.87. The number of anilines is 2. The number of rotatable bonds is 6. The van der Waals surface area contributed by atoms with E-state index in [0.717, 1.165) is 44.4 Å². The van der Waals surface area contributed by atoms with Crippen LogP contribution in [0.15, 0.2) is 53.9 Å². The van der Waals surface area contributed by atoms with Crippen molar-refractivity contribution in [1.29, 1.82) is 0 Å². The monoisotopic (exact) mass is 497 g/mol. The van der Waals surface area contributed by atoms with Gasteiger partial charge in [-0.05, 0) is 44.0 Å². The maximum atomic E-state index is 13.0. The number of hydrogen-bond donors (Lipinski definition) is 2. The van der Waals surface area contributed by atoms with E-state index < -0.39 is 0 Å². The van der Waals surface area contributed by atoms with Gasteiger partial charge in [0.25, 0.3) is 0 Å². The number of H-pyrrole nitrogens is 1. The van der Waals surface area contributed by atoms with Crippen LogP contribution in [-0.2, 0) is 11.2 Å². The summed E-state index contributed by atoms with van der Waals surface area (Å²) in [6, 6.07) is 10.1. The fourth-order valence-electron chi connectivity index (χ4n) is 5.13. The molecule has 37 heavy (non-hydrogen) atoms. The standard InChI is InChI=1S/C27H31N9O/c1-18(26(37)35-13-11-34(2)12-14-35)36-17-21(16-30-36)31-27-32-24-23(9-10-28-24)25(33-27)29-15-20-8-7-19-5-3-4-6-22(19)20/h3-6,9-10,15-18,20H,7-8,11-14H2,1-2H3,(H2,28,31,32,33)/b29-15-. The number of carbonyl (C=O) groups excluding carboxylic acids is 1. The lowest BCUT2D eigenvalue weighted by Crippen LogP contribution is -2.49. The van der Waals surface area contributed by atoms with Crippen molar-refractivity contribution in [3.8, 4) is 0 Å². The number of amides is 1. The molecule has 0 spiro atoms. The summed E-state index contributed by atoms with van der Waals surface area (Å²) >= 11 is 0. The van der Waals surface area contributed by atoms with Crippen LogP contribution < -0.4 is 5.32 Å². The van der Waals surface area contributed by atoms with Crippen molar-refractivity contribution in [2.45, 2.75) is 31.7 Å². The van der Waals surface area contributed by atoms with Gasteiger partial charge in [0.2, 0.25) is 11.9 Å². The molecule has 2 atom stereocenters. The molecular formula is C27H31N9O. The molecular weight excluding hydrogens is 466 g/mol. The highest BCUT2D eigenvalue weighted by Gasteiger charge is 2.25. The number of carbonyl (C=O) groups is 1. The van der Waals surface area contributed by atoms with E-state index in [9.17, 15) is 4.79 Å². The number of aryl methyl sites for hydroxylation is 1. The number of aromatic nitrogens is 5. The zero-order chi connectivity index (χ0) is 25.4. The summed E-state index contributed by atoms with van der Waals surface area (Å²) in [5.74, 6) is 1.40. The number of piperazine rings is 1. The Hall–Kier alpha value is -4.05. The summed E-state index contributed by atoms with van der Waals surface area (Å²) < 4.78 is 1.69. The number of nitrogens with zero attached hydrogens (tertiary/aromatic N) is 7. The Kier molecular flexibility index (Phi) is 6.17. The van der Waals surface area contributed by atoms with Crippen molar-refractivity contribution < 1.29 is 4.79 Å². The van der Waals surface area contributed by atoms with Crippen molar-refractivity contribution in [2.75, 3.05) is 38.5 Å². The quantitative estimate of drug-likeness (QED) is 0.394. The van der Waals surface area contributed by atoms with Crippen molar-refractivity contribution in [3.05, 3.63) is 60.0 Å². The molecule has 1 amide bonds. The molecule has 3 aromatic heterocycles. The van der Waals surface area contributed by atoms with Crippen molar-refractivity contribution in [1.82, 2.24) is 34.5 Å². The van der Waals surface area contributed by atoms with Crippen LogP contribution in [0.5, 0.6) is 0 Å². The number of nitrogens with one attached hydrogen (secondary N) is 2. The minimum Gasteiger partial charge on any atom is -0.346 e. The van der Waals surface area contributed by atoms with Gasteiger partial charge in [-0.15, -0.1) is 0 Å². The van der Waals surface area contributed by atoms with Gasteiger partial charge in [-0.2, -0.15) is 15.1 Å². The number of benzene rings is 1. The van der Waals surface area contributed by atoms with Gasteiger partial charge in [-0.3, -0.25) is 9.48 Å². The number of hydrogen-bond acceptors (Lipinski definition) is 7. The fraction of sp³-hybridized carbons (Fsp3) is 0.370. The smallest absolute Gasteiger partial charge is 0.247 e. The number of aromatic amines is 1. The highest BCUT2D eigenvalue weighted by Crippen LogP contribution is 2.33. The number of likely N-dealkylation sites (N-methyl/N-ethyl adjacent to an activating group) is 1. The van der Waals surface area contributed by atoms with Crippen molar-refractivity contribution in [2.24, 2.45) is 4.99 Å². The first-order chi connectivity index (χ1) is 18.0. The van der Waals surface area contributed by atoms with E-state index in [-0.39, 0.29) is 17.9 Å². The minimum atomic E-state index is -0.389. The van der Waals surface area contributed by atoms with E-state index in [4.69, 9.17) is 9.98 Å². The van der Waals surface area contributed by atoms with Crippen LogP contribution in [0.25, 0.3) is 11.0 Å². The zero-order valence-electron chi connectivity index (χ0n) is 21.1. The van der Waals surface area contributed by atoms with Gasteiger partial charge in [0.15, 0.2) is 5.82 Å². The lowest BCUT2D eigenvalue weighted by atomic mass is 10.0. The van der Waals surface area contributed by atoms with Crippen LogP contribution in [0.2, 0.25) is 0 Å². The average molecular weight is 498 g/mol. The van der Waals surface area contributed by atoms with Crippen LogP contribution in [0.1, 0.15) is 36.4 Å². The van der Waals surface area contributed by atoms with Gasteiger partial charge >= 0.3 is 0 Å². The molecule has 2 N–H and O–H groups in total. The molecule has 0 bridgehead atoms.